The van der Waals surface area contributed by atoms with E-state index in [0.29, 0.717) is 11.5 Å². The number of hydrogen-bond acceptors (Lipinski definition) is 3. The van der Waals surface area contributed by atoms with Crippen molar-refractivity contribution in [1.29, 1.82) is 0 Å². The summed E-state index contributed by atoms with van der Waals surface area (Å²) in [5.41, 5.74) is -0.119. The molecule has 3 unspecified atom stereocenters. The molecule has 1 aliphatic carbocycles. The van der Waals surface area contributed by atoms with E-state index in [2.05, 4.69) is 10.6 Å². The molecule has 0 aromatic heterocycles. The Morgan fingerprint density at radius 2 is 1.81 bits per heavy atom. The van der Waals surface area contributed by atoms with Crippen LogP contribution in [0, 0.1) is 5.82 Å². The minimum absolute atomic E-state index is 0.0211. The van der Waals surface area contributed by atoms with Crippen molar-refractivity contribution in [3.05, 3.63) is 84.2 Å². The Morgan fingerprint density at radius 1 is 1.09 bits per heavy atom. The lowest BCUT2D eigenvalue weighted by atomic mass is 10.0. The molecule has 4 rings (SSSR count). The molecule has 2 N–H and O–H groups in total. The monoisotopic (exact) mass is 444 g/mol. The van der Waals surface area contributed by atoms with Crippen LogP contribution >= 0.6 is 0 Å². The van der Waals surface area contributed by atoms with Gasteiger partial charge in [0.05, 0.1) is 23.7 Å². The highest BCUT2D eigenvalue weighted by molar-refractivity contribution is 6.06. The third-order valence-electron chi connectivity index (χ3n) is 5.19. The standard InChI is InChI=1S/C23H20F4N4O/c1-14(28-22(32)29-17-6-4-5-15(13-17)23(25,26)27)21-30-19-7-2-3-8-20(19)31(21)18-11-9-16(24)10-12-18/h2-14,19-20H,1H3,(H2,28,29,32). The first-order valence-electron chi connectivity index (χ1n) is 9.94. The minimum atomic E-state index is -4.51. The fourth-order valence-electron chi connectivity index (χ4n) is 3.74. The predicted molar refractivity (Wildman–Crippen MR) is 115 cm³/mol. The Labute approximate surface area is 182 Å². The molecule has 0 saturated carbocycles. The van der Waals surface area contributed by atoms with E-state index >= 15 is 0 Å². The largest absolute Gasteiger partial charge is 0.416 e. The molecule has 2 aliphatic rings. The number of allylic oxidation sites excluding steroid dienone is 2. The molecule has 2 aromatic rings. The number of fused-ring (bicyclic) bond motifs is 1. The minimum Gasteiger partial charge on any atom is -0.328 e. The summed E-state index contributed by atoms with van der Waals surface area (Å²) in [4.78, 5) is 19.1. The van der Waals surface area contributed by atoms with E-state index in [1.165, 1.54) is 24.3 Å². The molecule has 1 heterocycles. The van der Waals surface area contributed by atoms with Crippen molar-refractivity contribution in [3.63, 3.8) is 0 Å². The molecule has 3 atom stereocenters. The summed E-state index contributed by atoms with van der Waals surface area (Å²) in [7, 11) is 0. The number of hydrogen-bond donors (Lipinski definition) is 2. The first kappa shape index (κ1) is 21.6. The van der Waals surface area contributed by atoms with Gasteiger partial charge in [0.2, 0.25) is 0 Å². The van der Waals surface area contributed by atoms with E-state index in [1.54, 1.807) is 19.1 Å². The summed E-state index contributed by atoms with van der Waals surface area (Å²) in [5.74, 6) is 0.190. The van der Waals surface area contributed by atoms with Crippen LogP contribution < -0.4 is 15.5 Å². The van der Waals surface area contributed by atoms with Gasteiger partial charge in [-0.05, 0) is 49.4 Å². The Bertz CT molecular complexity index is 1090. The van der Waals surface area contributed by atoms with Crippen LogP contribution in [0.1, 0.15) is 12.5 Å². The van der Waals surface area contributed by atoms with Crippen molar-refractivity contribution in [2.45, 2.75) is 31.2 Å². The molecular formula is C23H20F4N4O. The van der Waals surface area contributed by atoms with Gasteiger partial charge in [0.15, 0.2) is 0 Å². The van der Waals surface area contributed by atoms with Gasteiger partial charge in [0, 0.05) is 11.4 Å². The van der Waals surface area contributed by atoms with Crippen molar-refractivity contribution in [3.8, 4) is 0 Å². The number of rotatable bonds is 4. The molecule has 5 nitrogen and oxygen atoms in total. The lowest BCUT2D eigenvalue weighted by Crippen LogP contribution is -2.49. The topological polar surface area (TPSA) is 56.7 Å². The Balaban J connectivity index is 1.51. The maximum Gasteiger partial charge on any atom is 0.416 e. The maximum absolute atomic E-state index is 13.4. The maximum atomic E-state index is 13.4. The molecule has 0 bridgehead atoms. The number of alkyl halides is 3. The average Bonchev–Trinajstić information content (AvgIpc) is 3.14. The lowest BCUT2D eigenvalue weighted by Gasteiger charge is -2.31. The number of anilines is 2. The van der Waals surface area contributed by atoms with Crippen LogP contribution in [0.4, 0.5) is 33.7 Å². The molecule has 0 spiro atoms. The second kappa shape index (κ2) is 8.49. The first-order chi connectivity index (χ1) is 15.2. The van der Waals surface area contributed by atoms with E-state index in [4.69, 9.17) is 4.99 Å². The van der Waals surface area contributed by atoms with Gasteiger partial charge in [-0.3, -0.25) is 4.99 Å². The second-order valence-corrected chi connectivity index (χ2v) is 7.48. The highest BCUT2D eigenvalue weighted by Crippen LogP contribution is 2.31. The number of urea groups is 1. The number of nitrogens with zero attached hydrogens (tertiary/aromatic N) is 2. The van der Waals surface area contributed by atoms with Crippen LogP contribution in [0.2, 0.25) is 0 Å². The van der Waals surface area contributed by atoms with Crippen molar-refractivity contribution in [2.24, 2.45) is 4.99 Å². The molecule has 2 aromatic carbocycles. The van der Waals surface area contributed by atoms with Crippen molar-refractivity contribution < 1.29 is 22.4 Å². The van der Waals surface area contributed by atoms with Crippen LogP contribution in [0.5, 0.6) is 0 Å². The Kier molecular flexibility index (Phi) is 5.73. The fraction of sp³-hybridized carbons (Fsp3) is 0.217. The van der Waals surface area contributed by atoms with Crippen LogP contribution in [-0.2, 0) is 6.18 Å². The SMILES string of the molecule is CC(NC(=O)Nc1cccc(C(F)(F)F)c1)C1=NC2C=CC=CC2N1c1ccc(F)cc1. The molecule has 32 heavy (non-hydrogen) atoms. The number of amides is 2. The Morgan fingerprint density at radius 3 is 2.53 bits per heavy atom. The molecule has 9 heteroatoms. The molecule has 1 aliphatic heterocycles. The van der Waals surface area contributed by atoms with Gasteiger partial charge in [-0.1, -0.05) is 30.4 Å². The van der Waals surface area contributed by atoms with Gasteiger partial charge in [-0.25, -0.2) is 9.18 Å². The summed E-state index contributed by atoms with van der Waals surface area (Å²) in [5, 5.41) is 5.16. The van der Waals surface area contributed by atoms with Crippen molar-refractivity contribution >= 4 is 23.2 Å². The fourth-order valence-corrected chi connectivity index (χ4v) is 3.74. The van der Waals surface area contributed by atoms with E-state index < -0.39 is 23.8 Å². The molecule has 2 amide bonds. The zero-order chi connectivity index (χ0) is 22.9. The summed E-state index contributed by atoms with van der Waals surface area (Å²) in [6.07, 6.45) is 3.18. The van der Waals surface area contributed by atoms with Gasteiger partial charge in [-0.15, -0.1) is 0 Å². The van der Waals surface area contributed by atoms with Gasteiger partial charge in [0.1, 0.15) is 11.7 Å². The van der Waals surface area contributed by atoms with Gasteiger partial charge < -0.3 is 15.5 Å². The number of benzene rings is 2. The number of amidine groups is 1. The van der Waals surface area contributed by atoms with Crippen molar-refractivity contribution in [2.75, 3.05) is 10.2 Å². The lowest BCUT2D eigenvalue weighted by molar-refractivity contribution is -0.137. The highest BCUT2D eigenvalue weighted by atomic mass is 19.4. The summed E-state index contributed by atoms with van der Waals surface area (Å²) >= 11 is 0. The number of carbonyl (C=O) groups excluding carboxylic acids is 1. The van der Waals surface area contributed by atoms with Crippen LogP contribution in [0.25, 0.3) is 0 Å². The molecule has 166 valence electrons. The molecular weight excluding hydrogens is 424 g/mol. The quantitative estimate of drug-likeness (QED) is 0.642. The third-order valence-corrected chi connectivity index (χ3v) is 5.19. The normalized spacial score (nSPS) is 20.5. The smallest absolute Gasteiger partial charge is 0.328 e. The first-order valence-corrected chi connectivity index (χ1v) is 9.94. The molecule has 0 fully saturated rings. The van der Waals surface area contributed by atoms with Gasteiger partial charge in [0.25, 0.3) is 0 Å². The van der Waals surface area contributed by atoms with Gasteiger partial charge >= 0.3 is 12.2 Å². The zero-order valence-electron chi connectivity index (χ0n) is 17.0. The molecule has 0 radical (unpaired) electrons. The summed E-state index contributed by atoms with van der Waals surface area (Å²) in [6, 6.07) is 8.83. The van der Waals surface area contributed by atoms with E-state index in [0.717, 1.165) is 12.1 Å². The van der Waals surface area contributed by atoms with Crippen LogP contribution in [0.15, 0.2) is 77.8 Å². The average molecular weight is 444 g/mol. The summed E-state index contributed by atoms with van der Waals surface area (Å²) in [6.45, 7) is 1.73. The van der Waals surface area contributed by atoms with Crippen LogP contribution in [-0.4, -0.2) is 30.0 Å². The number of nitrogens with one attached hydrogen (secondary N) is 2. The predicted octanol–water partition coefficient (Wildman–Crippen LogP) is 5.14. The highest BCUT2D eigenvalue weighted by Gasteiger charge is 2.37. The number of halogens is 4. The van der Waals surface area contributed by atoms with Gasteiger partial charge in [-0.2, -0.15) is 13.2 Å². The molecule has 0 saturated heterocycles. The van der Waals surface area contributed by atoms with E-state index in [1.807, 2.05) is 29.2 Å². The van der Waals surface area contributed by atoms with E-state index in [-0.39, 0.29) is 23.6 Å². The Hall–Kier alpha value is -3.62. The summed E-state index contributed by atoms with van der Waals surface area (Å²) < 4.78 is 52.2. The zero-order valence-corrected chi connectivity index (χ0v) is 17.0. The van der Waals surface area contributed by atoms with Crippen molar-refractivity contribution in [1.82, 2.24) is 5.32 Å². The third kappa shape index (κ3) is 4.51. The second-order valence-electron chi connectivity index (χ2n) is 7.48. The van der Waals surface area contributed by atoms with E-state index in [9.17, 15) is 22.4 Å². The number of aliphatic imine (C=N–C) groups is 1. The number of carbonyl (C=O) groups is 1. The van der Waals surface area contributed by atoms with Crippen LogP contribution in [0.3, 0.4) is 0 Å².